The number of para-hydroxylation sites is 1. The van der Waals surface area contributed by atoms with Crippen molar-refractivity contribution in [2.24, 2.45) is 0 Å². The van der Waals surface area contributed by atoms with Crippen LogP contribution in [0.15, 0.2) is 18.2 Å². The lowest BCUT2D eigenvalue weighted by molar-refractivity contribution is 0.270. The summed E-state index contributed by atoms with van der Waals surface area (Å²) in [6.45, 7) is 6.30. The summed E-state index contributed by atoms with van der Waals surface area (Å²) in [5.74, 6) is 1.41. The van der Waals surface area contributed by atoms with Crippen LogP contribution in [0.25, 0.3) is 10.2 Å². The third-order valence-electron chi connectivity index (χ3n) is 4.03. The van der Waals surface area contributed by atoms with E-state index in [1.807, 2.05) is 6.07 Å². The maximum atomic E-state index is 6.02. The van der Waals surface area contributed by atoms with Crippen LogP contribution in [0.5, 0.6) is 5.75 Å². The molecule has 1 aromatic heterocycles. The molecular weight excluding hydrogens is 280 g/mol. The molecule has 1 aliphatic rings. The van der Waals surface area contributed by atoms with Crippen LogP contribution in [-0.4, -0.2) is 24.2 Å². The topological polar surface area (TPSA) is 34.1 Å². The molecule has 1 N–H and O–H groups in total. The third-order valence-corrected chi connectivity index (χ3v) is 5.35. The van der Waals surface area contributed by atoms with Crippen molar-refractivity contribution in [1.82, 2.24) is 10.3 Å². The van der Waals surface area contributed by atoms with Crippen LogP contribution < -0.4 is 10.1 Å². The van der Waals surface area contributed by atoms with Crippen LogP contribution in [0.4, 0.5) is 0 Å². The summed E-state index contributed by atoms with van der Waals surface area (Å²) < 4.78 is 7.25. The van der Waals surface area contributed by atoms with Gasteiger partial charge < -0.3 is 10.1 Å². The zero-order chi connectivity index (χ0) is 14.7. The Kier molecular flexibility index (Phi) is 4.76. The maximum absolute atomic E-state index is 6.02. The van der Waals surface area contributed by atoms with Crippen molar-refractivity contribution in [3.63, 3.8) is 0 Å². The number of rotatable bonds is 5. The molecule has 4 heteroatoms. The van der Waals surface area contributed by atoms with E-state index in [-0.39, 0.29) is 0 Å². The van der Waals surface area contributed by atoms with Crippen molar-refractivity contribution in [2.45, 2.75) is 51.5 Å². The van der Waals surface area contributed by atoms with Gasteiger partial charge in [-0.15, -0.1) is 11.3 Å². The van der Waals surface area contributed by atoms with Crippen molar-refractivity contribution < 1.29 is 4.74 Å². The molecule has 1 atom stereocenters. The molecule has 1 aromatic carbocycles. The van der Waals surface area contributed by atoms with Crippen LogP contribution >= 0.6 is 11.3 Å². The van der Waals surface area contributed by atoms with Gasteiger partial charge in [0.15, 0.2) is 0 Å². The van der Waals surface area contributed by atoms with E-state index in [0.29, 0.717) is 12.0 Å². The molecule has 1 unspecified atom stereocenters. The molecule has 21 heavy (non-hydrogen) atoms. The minimum atomic E-state index is 0.474. The summed E-state index contributed by atoms with van der Waals surface area (Å²) in [5, 5.41) is 4.76. The molecule has 0 amide bonds. The lowest BCUT2D eigenvalue weighted by Gasteiger charge is -2.23. The SMILES string of the molecule is CC(C)c1nc2c(OCCC3CCCCN3)cccc2s1. The number of nitrogens with zero attached hydrogens (tertiary/aromatic N) is 1. The van der Waals surface area contributed by atoms with Crippen molar-refractivity contribution >= 4 is 21.6 Å². The van der Waals surface area contributed by atoms with Crippen LogP contribution in [-0.2, 0) is 0 Å². The number of benzene rings is 1. The minimum Gasteiger partial charge on any atom is -0.491 e. The Morgan fingerprint density at radius 3 is 3.05 bits per heavy atom. The van der Waals surface area contributed by atoms with E-state index in [1.165, 1.54) is 29.0 Å². The highest BCUT2D eigenvalue weighted by molar-refractivity contribution is 7.18. The normalized spacial score (nSPS) is 19.3. The van der Waals surface area contributed by atoms with Gasteiger partial charge in [-0.2, -0.15) is 0 Å². The molecule has 0 radical (unpaired) electrons. The second-order valence-corrected chi connectivity index (χ2v) is 7.16. The lowest BCUT2D eigenvalue weighted by atomic mass is 10.0. The van der Waals surface area contributed by atoms with E-state index in [2.05, 4.69) is 31.3 Å². The van der Waals surface area contributed by atoms with E-state index < -0.39 is 0 Å². The molecule has 114 valence electrons. The number of aromatic nitrogens is 1. The second-order valence-electron chi connectivity index (χ2n) is 6.09. The summed E-state index contributed by atoms with van der Waals surface area (Å²) in [4.78, 5) is 4.76. The number of hydrogen-bond acceptors (Lipinski definition) is 4. The highest BCUT2D eigenvalue weighted by Gasteiger charge is 2.14. The first-order valence-electron chi connectivity index (χ1n) is 7.99. The van der Waals surface area contributed by atoms with Crippen LogP contribution in [0.1, 0.15) is 50.5 Å². The fraction of sp³-hybridized carbons (Fsp3) is 0.588. The van der Waals surface area contributed by atoms with Gasteiger partial charge in [-0.25, -0.2) is 4.98 Å². The number of hydrogen-bond donors (Lipinski definition) is 1. The van der Waals surface area contributed by atoms with E-state index >= 15 is 0 Å². The third kappa shape index (κ3) is 3.55. The molecule has 3 rings (SSSR count). The fourth-order valence-electron chi connectivity index (χ4n) is 2.79. The molecule has 2 heterocycles. The zero-order valence-corrected chi connectivity index (χ0v) is 13.7. The van der Waals surface area contributed by atoms with Crippen molar-refractivity contribution in [3.8, 4) is 5.75 Å². The summed E-state index contributed by atoms with van der Waals surface area (Å²) in [5.41, 5.74) is 1.03. The van der Waals surface area contributed by atoms with Gasteiger partial charge in [0.05, 0.1) is 16.3 Å². The van der Waals surface area contributed by atoms with Crippen LogP contribution in [0, 0.1) is 0 Å². The number of thiazole rings is 1. The standard InChI is InChI=1S/C17H24N2OS/c1-12(2)17-19-16-14(7-5-8-15(16)21-17)20-11-9-13-6-3-4-10-18-13/h5,7-8,12-13,18H,3-4,6,9-11H2,1-2H3. The van der Waals surface area contributed by atoms with Gasteiger partial charge in [-0.3, -0.25) is 0 Å². The second kappa shape index (κ2) is 6.75. The van der Waals surface area contributed by atoms with E-state index in [9.17, 15) is 0 Å². The first-order chi connectivity index (χ1) is 10.2. The Balaban J connectivity index is 1.65. The smallest absolute Gasteiger partial charge is 0.146 e. The predicted octanol–water partition coefficient (Wildman–Crippen LogP) is 4.33. The Labute approximate surface area is 130 Å². The summed E-state index contributed by atoms with van der Waals surface area (Å²) >= 11 is 1.78. The van der Waals surface area contributed by atoms with Crippen molar-refractivity contribution in [3.05, 3.63) is 23.2 Å². The number of ether oxygens (including phenoxy) is 1. The summed E-state index contributed by atoms with van der Waals surface area (Å²) in [6, 6.07) is 6.87. The van der Waals surface area contributed by atoms with Crippen LogP contribution in [0.3, 0.4) is 0 Å². The molecule has 0 spiro atoms. The summed E-state index contributed by atoms with van der Waals surface area (Å²) in [7, 11) is 0. The molecular formula is C17H24N2OS. The van der Waals surface area contributed by atoms with Gasteiger partial charge in [0, 0.05) is 12.0 Å². The predicted molar refractivity (Wildman–Crippen MR) is 89.5 cm³/mol. The molecule has 1 saturated heterocycles. The largest absolute Gasteiger partial charge is 0.491 e. The molecule has 0 saturated carbocycles. The highest BCUT2D eigenvalue weighted by atomic mass is 32.1. The highest BCUT2D eigenvalue weighted by Crippen LogP contribution is 2.32. The van der Waals surface area contributed by atoms with E-state index in [4.69, 9.17) is 9.72 Å². The number of piperidine rings is 1. The molecule has 0 bridgehead atoms. The Hall–Kier alpha value is -1.13. The van der Waals surface area contributed by atoms with Gasteiger partial charge in [0.1, 0.15) is 11.3 Å². The molecule has 0 aliphatic carbocycles. The molecule has 2 aromatic rings. The van der Waals surface area contributed by atoms with Crippen molar-refractivity contribution in [1.29, 1.82) is 0 Å². The summed E-state index contributed by atoms with van der Waals surface area (Å²) in [6.07, 6.45) is 5.02. The average molecular weight is 304 g/mol. The van der Waals surface area contributed by atoms with E-state index in [1.54, 1.807) is 11.3 Å². The maximum Gasteiger partial charge on any atom is 0.146 e. The fourth-order valence-corrected chi connectivity index (χ4v) is 3.77. The van der Waals surface area contributed by atoms with Gasteiger partial charge in [0.2, 0.25) is 0 Å². The van der Waals surface area contributed by atoms with Gasteiger partial charge in [-0.05, 0) is 37.9 Å². The Morgan fingerprint density at radius 1 is 1.38 bits per heavy atom. The lowest BCUT2D eigenvalue weighted by Crippen LogP contribution is -2.35. The minimum absolute atomic E-state index is 0.474. The monoisotopic (exact) mass is 304 g/mol. The zero-order valence-electron chi connectivity index (χ0n) is 12.9. The number of fused-ring (bicyclic) bond motifs is 1. The van der Waals surface area contributed by atoms with Crippen LogP contribution in [0.2, 0.25) is 0 Å². The number of nitrogens with one attached hydrogen (secondary N) is 1. The first-order valence-corrected chi connectivity index (χ1v) is 8.81. The van der Waals surface area contributed by atoms with Gasteiger partial charge in [-0.1, -0.05) is 26.3 Å². The Bertz CT molecular complexity index is 587. The Morgan fingerprint density at radius 2 is 2.29 bits per heavy atom. The molecule has 3 nitrogen and oxygen atoms in total. The van der Waals surface area contributed by atoms with Crippen molar-refractivity contribution in [2.75, 3.05) is 13.2 Å². The van der Waals surface area contributed by atoms with E-state index in [0.717, 1.165) is 30.8 Å². The van der Waals surface area contributed by atoms with Gasteiger partial charge >= 0.3 is 0 Å². The quantitative estimate of drug-likeness (QED) is 0.892. The van der Waals surface area contributed by atoms with Gasteiger partial charge in [0.25, 0.3) is 0 Å². The molecule has 1 aliphatic heterocycles. The first kappa shape index (κ1) is 14.8. The molecule has 1 fully saturated rings. The average Bonchev–Trinajstić information content (AvgIpc) is 2.94.